The van der Waals surface area contributed by atoms with E-state index in [1.54, 1.807) is 12.4 Å². The molecule has 0 unspecified atom stereocenters. The third-order valence-corrected chi connectivity index (χ3v) is 8.23. The molecule has 3 aromatic heterocycles. The molecule has 0 spiro atoms. The molecule has 0 aromatic carbocycles. The minimum Gasteiger partial charge on any atom is -0.343 e. The molecule has 2 N–H and O–H groups in total. The van der Waals surface area contributed by atoms with Crippen LogP contribution in [0.15, 0.2) is 30.7 Å². The summed E-state index contributed by atoms with van der Waals surface area (Å²) in [5, 5.41) is 14.3. The number of aromatic nitrogens is 5. The summed E-state index contributed by atoms with van der Waals surface area (Å²) in [7, 11) is 0. The molecule has 14 heteroatoms. The number of nitrogens with zero attached hydrogens (tertiary/aromatic N) is 5. The smallest absolute Gasteiger partial charge is 0.262 e. The minimum absolute atomic E-state index is 0.0181. The molecule has 5 rings (SSSR count). The molecule has 230 valence electrons. The topological polar surface area (TPSA) is 89.1 Å². The maximum Gasteiger partial charge on any atom is 0.262 e. The molecule has 0 bridgehead atoms. The van der Waals surface area contributed by atoms with E-state index in [1.807, 2.05) is 24.6 Å². The summed E-state index contributed by atoms with van der Waals surface area (Å²) in [6.07, 6.45) is 0.561. The molecule has 42 heavy (non-hydrogen) atoms. The lowest BCUT2D eigenvalue weighted by Gasteiger charge is -2.34. The number of rotatable bonds is 11. The Morgan fingerprint density at radius 2 is 1.81 bits per heavy atom. The maximum atomic E-state index is 14.0. The van der Waals surface area contributed by atoms with E-state index in [2.05, 4.69) is 25.8 Å². The predicted octanol–water partition coefficient (Wildman–Crippen LogP) is 6.02. The summed E-state index contributed by atoms with van der Waals surface area (Å²) < 4.78 is 85.5. The Hall–Kier alpha value is -3.16. The number of halogens is 6. The molecule has 3 aromatic rings. The van der Waals surface area contributed by atoms with Crippen molar-refractivity contribution in [2.45, 2.75) is 102 Å². The van der Waals surface area contributed by atoms with Crippen molar-refractivity contribution in [3.8, 4) is 0 Å². The lowest BCUT2D eigenvalue weighted by atomic mass is 9.79. The van der Waals surface area contributed by atoms with Crippen LogP contribution in [0.5, 0.6) is 0 Å². The van der Waals surface area contributed by atoms with Crippen LogP contribution < -0.4 is 10.6 Å². The second-order valence-corrected chi connectivity index (χ2v) is 11.9. The molecular weight excluding hydrogens is 564 g/mol. The summed E-state index contributed by atoms with van der Waals surface area (Å²) >= 11 is 0. The van der Waals surface area contributed by atoms with Gasteiger partial charge in [-0.3, -0.25) is 9.48 Å². The minimum atomic E-state index is -2.97. The third-order valence-electron chi connectivity index (χ3n) is 8.23. The van der Waals surface area contributed by atoms with Gasteiger partial charge in [-0.05, 0) is 50.7 Å². The van der Waals surface area contributed by atoms with Crippen LogP contribution in [0.25, 0.3) is 5.65 Å². The summed E-state index contributed by atoms with van der Waals surface area (Å²) in [6.45, 7) is 4.42. The number of nitrogens with one attached hydrogen (secondary N) is 2. The lowest BCUT2D eigenvalue weighted by molar-refractivity contribution is -0.135. The van der Waals surface area contributed by atoms with Crippen LogP contribution in [0.3, 0.4) is 0 Å². The van der Waals surface area contributed by atoms with Crippen LogP contribution in [0.2, 0.25) is 0 Å². The Labute approximate surface area is 239 Å². The Morgan fingerprint density at radius 1 is 1.10 bits per heavy atom. The molecule has 0 aliphatic heterocycles. The first-order valence-corrected chi connectivity index (χ1v) is 14.2. The molecule has 2 atom stereocenters. The fourth-order valence-corrected chi connectivity index (χ4v) is 6.02. The Balaban J connectivity index is 1.35. The molecule has 2 saturated carbocycles. The molecule has 3 heterocycles. The highest BCUT2D eigenvalue weighted by molar-refractivity contribution is 5.77. The van der Waals surface area contributed by atoms with Crippen LogP contribution >= 0.6 is 0 Å². The molecule has 2 aliphatic rings. The fraction of sp³-hybridized carbons (Fsp3) is 0.643. The Morgan fingerprint density at radius 3 is 2.45 bits per heavy atom. The number of imidazole rings is 1. The number of carbonyl (C=O) groups excluding carboxylic acids is 1. The van der Waals surface area contributed by atoms with E-state index in [0.29, 0.717) is 12.2 Å². The van der Waals surface area contributed by atoms with E-state index >= 15 is 0 Å². The second-order valence-electron chi connectivity index (χ2n) is 11.9. The van der Waals surface area contributed by atoms with Gasteiger partial charge in [0.05, 0.1) is 29.8 Å². The average molecular weight is 600 g/mol. The molecule has 2 aliphatic carbocycles. The zero-order chi connectivity index (χ0) is 30.2. The first-order chi connectivity index (χ1) is 19.8. The molecule has 8 nitrogen and oxygen atoms in total. The van der Waals surface area contributed by atoms with Gasteiger partial charge in [0.25, 0.3) is 6.43 Å². The van der Waals surface area contributed by atoms with Crippen LogP contribution in [-0.4, -0.2) is 48.6 Å². The average Bonchev–Trinajstić information content (AvgIpc) is 3.53. The summed E-state index contributed by atoms with van der Waals surface area (Å²) in [5.74, 6) is -6.93. The van der Waals surface area contributed by atoms with Crippen LogP contribution in [0.4, 0.5) is 26.3 Å². The number of carbonyl (C=O) groups is 1. The number of fused-ring (bicyclic) bond motifs is 1. The van der Waals surface area contributed by atoms with Gasteiger partial charge in [-0.15, -0.1) is 0 Å². The van der Waals surface area contributed by atoms with Gasteiger partial charge in [0.15, 0.2) is 5.65 Å². The molecular formula is C28H35F6N7O. The van der Waals surface area contributed by atoms with Gasteiger partial charge < -0.3 is 10.6 Å². The summed E-state index contributed by atoms with van der Waals surface area (Å²) in [4.78, 5) is 17.0. The number of hydrogen-bond donors (Lipinski definition) is 2. The Bertz CT molecular complexity index is 1370. The van der Waals surface area contributed by atoms with Gasteiger partial charge in [-0.2, -0.15) is 10.2 Å². The normalized spacial score (nSPS) is 20.6. The van der Waals surface area contributed by atoms with Gasteiger partial charge >= 0.3 is 0 Å². The van der Waals surface area contributed by atoms with E-state index in [4.69, 9.17) is 0 Å². The largest absolute Gasteiger partial charge is 0.343 e. The monoisotopic (exact) mass is 599 g/mol. The highest BCUT2D eigenvalue weighted by Gasteiger charge is 2.46. The highest BCUT2D eigenvalue weighted by atomic mass is 19.3. The van der Waals surface area contributed by atoms with Crippen LogP contribution in [-0.2, 0) is 11.3 Å². The summed E-state index contributed by atoms with van der Waals surface area (Å²) in [5.41, 5.74) is 1.72. The van der Waals surface area contributed by atoms with Crippen molar-refractivity contribution in [3.05, 3.63) is 47.7 Å². The third kappa shape index (κ3) is 6.90. The quantitative estimate of drug-likeness (QED) is 0.263. The van der Waals surface area contributed by atoms with Crippen molar-refractivity contribution < 1.29 is 31.1 Å². The van der Waals surface area contributed by atoms with Gasteiger partial charge in [0.1, 0.15) is 6.04 Å². The predicted molar refractivity (Wildman–Crippen MR) is 141 cm³/mol. The molecule has 2 fully saturated rings. The van der Waals surface area contributed by atoms with E-state index in [-0.39, 0.29) is 55.3 Å². The van der Waals surface area contributed by atoms with Gasteiger partial charge in [0.2, 0.25) is 17.8 Å². The van der Waals surface area contributed by atoms with Crippen molar-refractivity contribution in [1.82, 2.24) is 35.0 Å². The van der Waals surface area contributed by atoms with E-state index in [0.717, 1.165) is 5.69 Å². The highest BCUT2D eigenvalue weighted by Crippen LogP contribution is 2.44. The molecule has 1 amide bonds. The van der Waals surface area contributed by atoms with Gasteiger partial charge in [-0.25, -0.2) is 35.8 Å². The zero-order valence-electron chi connectivity index (χ0n) is 23.4. The Kier molecular flexibility index (Phi) is 8.55. The molecule has 0 saturated heterocycles. The van der Waals surface area contributed by atoms with Gasteiger partial charge in [-0.1, -0.05) is 0 Å². The van der Waals surface area contributed by atoms with E-state index in [1.165, 1.54) is 16.8 Å². The first-order valence-electron chi connectivity index (χ1n) is 14.2. The number of alkyl halides is 6. The van der Waals surface area contributed by atoms with Crippen molar-refractivity contribution in [2.75, 3.05) is 0 Å². The zero-order valence-corrected chi connectivity index (χ0v) is 23.4. The second kappa shape index (κ2) is 11.8. The summed E-state index contributed by atoms with van der Waals surface area (Å²) in [6, 6.07) is 1.30. The SMILES string of the molecule is CC(C)n1nccc1CN[C@H](c1cn2ncc([C@H](NC(=O)CC3CC(F)(F)C3)C(F)F)cc2n1)C1CCC(F)(F)CC1. The van der Waals surface area contributed by atoms with Crippen LogP contribution in [0.1, 0.15) is 93.9 Å². The van der Waals surface area contributed by atoms with E-state index in [9.17, 15) is 31.1 Å². The van der Waals surface area contributed by atoms with Crippen molar-refractivity contribution in [2.24, 2.45) is 11.8 Å². The molecule has 0 radical (unpaired) electrons. The standard InChI is InChI=1S/C28H35F6N7O/c1-16(2)41-20(5-8-36-41)14-35-24(18-3-6-27(31,32)7-4-18)21-15-40-22(38-21)10-19(13-37-40)25(26(29)30)39-23(42)9-17-11-28(33,34)12-17/h5,8,10,13,15-18,24-26,35H,3-4,6-7,9,11-12,14H2,1-2H3,(H,39,42)/t24-,25-/m0/s1. The van der Waals surface area contributed by atoms with Crippen LogP contribution in [0, 0.1) is 11.8 Å². The number of amides is 1. The van der Waals surface area contributed by atoms with E-state index < -0.39 is 55.0 Å². The number of hydrogen-bond acceptors (Lipinski definition) is 5. The van der Waals surface area contributed by atoms with Crippen molar-refractivity contribution >= 4 is 11.6 Å². The fourth-order valence-electron chi connectivity index (χ4n) is 6.02. The lowest BCUT2D eigenvalue weighted by Crippen LogP contribution is -2.40. The van der Waals surface area contributed by atoms with Crippen molar-refractivity contribution in [3.63, 3.8) is 0 Å². The maximum absolute atomic E-state index is 14.0. The van der Waals surface area contributed by atoms with Gasteiger partial charge in [0, 0.05) is 56.5 Å². The van der Waals surface area contributed by atoms with Crippen molar-refractivity contribution in [1.29, 1.82) is 0 Å². The first kappa shape index (κ1) is 30.3.